The molecule has 4 rings (SSSR count). The van der Waals surface area contributed by atoms with Crippen molar-refractivity contribution in [3.63, 3.8) is 0 Å². The molecule has 1 N–H and O–H groups in total. The molecule has 180 valence electrons. The van der Waals surface area contributed by atoms with Crippen LogP contribution in [-0.2, 0) is 41.2 Å². The molecule has 8 nitrogen and oxygen atoms in total. The highest BCUT2D eigenvalue weighted by Crippen LogP contribution is 2.43. The number of fused-ring (bicyclic) bond motifs is 1. The molecule has 0 saturated heterocycles. The molecule has 0 aliphatic carbocycles. The number of thiazole rings is 1. The summed E-state index contributed by atoms with van der Waals surface area (Å²) >= 11 is 1.48. The number of sulfone groups is 1. The highest BCUT2D eigenvalue weighted by Gasteiger charge is 2.36. The molecule has 0 spiro atoms. The van der Waals surface area contributed by atoms with Gasteiger partial charge in [0.1, 0.15) is 0 Å². The lowest BCUT2D eigenvalue weighted by atomic mass is 10.0. The van der Waals surface area contributed by atoms with Crippen LogP contribution >= 0.6 is 11.3 Å². The van der Waals surface area contributed by atoms with Gasteiger partial charge in [0.05, 0.1) is 23.1 Å². The van der Waals surface area contributed by atoms with E-state index in [0.29, 0.717) is 24.1 Å². The minimum Gasteiger partial charge on any atom is -0.319 e. The Labute approximate surface area is 203 Å². The van der Waals surface area contributed by atoms with Crippen LogP contribution < -0.4 is 10.9 Å². The molecule has 0 radical (unpaired) electrons. The minimum absolute atomic E-state index is 0.0263. The maximum atomic E-state index is 12.6. The lowest BCUT2D eigenvalue weighted by Crippen LogP contribution is -2.27. The average Bonchev–Trinajstić information content (AvgIpc) is 3.26. The summed E-state index contributed by atoms with van der Waals surface area (Å²) in [7, 11) is -1.53. The number of aryl methyl sites for hydroxylation is 1. The summed E-state index contributed by atoms with van der Waals surface area (Å²) in [4.78, 5) is 33.0. The maximum absolute atomic E-state index is 12.6. The molecule has 0 bridgehead atoms. The zero-order valence-corrected chi connectivity index (χ0v) is 21.2. The van der Waals surface area contributed by atoms with Crippen molar-refractivity contribution in [2.75, 3.05) is 11.6 Å². The normalized spacial score (nSPS) is 16.1. The van der Waals surface area contributed by atoms with Crippen LogP contribution in [0.25, 0.3) is 0 Å². The Morgan fingerprint density at radius 1 is 1.21 bits per heavy atom. The van der Waals surface area contributed by atoms with Gasteiger partial charge in [0.25, 0.3) is 5.56 Å². The fourth-order valence-electron chi connectivity index (χ4n) is 4.23. The summed E-state index contributed by atoms with van der Waals surface area (Å²) in [6.45, 7) is 5.67. The Morgan fingerprint density at radius 3 is 2.53 bits per heavy atom. The molecule has 0 unspecified atom stereocenters. The van der Waals surface area contributed by atoms with Crippen molar-refractivity contribution >= 4 is 32.2 Å². The quantitative estimate of drug-likeness (QED) is 0.535. The SMILES string of the molecule is CC(C)[C@H]1c2nc(NC(=O)Cc3ccc(S(C)(=O)=O)cc3)sc2CN1Cc1ccn(C)c(=O)c1. The zero-order chi connectivity index (χ0) is 24.6. The maximum Gasteiger partial charge on any atom is 0.250 e. The van der Waals surface area contributed by atoms with Crippen LogP contribution in [-0.4, -0.2) is 35.0 Å². The van der Waals surface area contributed by atoms with Gasteiger partial charge in [-0.25, -0.2) is 13.4 Å². The first-order chi connectivity index (χ1) is 16.0. The molecule has 1 aliphatic heterocycles. The van der Waals surface area contributed by atoms with E-state index in [1.54, 1.807) is 36.0 Å². The molecule has 3 aromatic rings. The van der Waals surface area contributed by atoms with Crippen molar-refractivity contribution in [3.05, 3.63) is 74.6 Å². The van der Waals surface area contributed by atoms with Gasteiger partial charge in [0.15, 0.2) is 15.0 Å². The molecule has 34 heavy (non-hydrogen) atoms. The lowest BCUT2D eigenvalue weighted by molar-refractivity contribution is -0.115. The Bertz CT molecular complexity index is 1370. The van der Waals surface area contributed by atoms with E-state index in [2.05, 4.69) is 24.1 Å². The van der Waals surface area contributed by atoms with Gasteiger partial charge in [0, 0.05) is 43.5 Å². The number of hydrogen-bond acceptors (Lipinski definition) is 7. The van der Waals surface area contributed by atoms with Crippen LogP contribution in [0.15, 0.2) is 52.3 Å². The number of nitrogens with zero attached hydrogens (tertiary/aromatic N) is 3. The molecule has 1 aromatic carbocycles. The van der Waals surface area contributed by atoms with Gasteiger partial charge in [-0.15, -0.1) is 11.3 Å². The van der Waals surface area contributed by atoms with Gasteiger partial charge in [-0.2, -0.15) is 0 Å². The van der Waals surface area contributed by atoms with Gasteiger partial charge in [0.2, 0.25) is 5.91 Å². The second kappa shape index (κ2) is 9.44. The third kappa shape index (κ3) is 5.29. The number of aromatic nitrogens is 2. The average molecular weight is 501 g/mol. The third-order valence-corrected chi connectivity index (χ3v) is 8.00. The fourth-order valence-corrected chi connectivity index (χ4v) is 5.91. The number of nitrogens with one attached hydrogen (secondary N) is 1. The van der Waals surface area contributed by atoms with Gasteiger partial charge in [-0.3, -0.25) is 14.5 Å². The molecular weight excluding hydrogens is 472 g/mol. The number of hydrogen-bond donors (Lipinski definition) is 1. The number of amides is 1. The highest BCUT2D eigenvalue weighted by molar-refractivity contribution is 7.90. The van der Waals surface area contributed by atoms with Crippen molar-refractivity contribution in [2.45, 2.75) is 44.3 Å². The van der Waals surface area contributed by atoms with Gasteiger partial charge >= 0.3 is 0 Å². The number of carbonyl (C=O) groups is 1. The lowest BCUT2D eigenvalue weighted by Gasteiger charge is -2.27. The van der Waals surface area contributed by atoms with E-state index in [0.717, 1.165) is 28.0 Å². The number of pyridine rings is 1. The van der Waals surface area contributed by atoms with Gasteiger partial charge in [-0.1, -0.05) is 26.0 Å². The molecule has 0 saturated carbocycles. The van der Waals surface area contributed by atoms with E-state index in [-0.39, 0.29) is 28.8 Å². The standard InChI is InChI=1S/C24H28N4O4S2/c1-15(2)23-22-19(14-28(23)13-17-9-10-27(3)21(30)12-17)33-24(26-22)25-20(29)11-16-5-7-18(8-6-16)34(4,31)32/h5-10,12,15,23H,11,13-14H2,1-4H3,(H,25,26,29)/t23-/m0/s1. The van der Waals surface area contributed by atoms with E-state index in [1.165, 1.54) is 23.5 Å². The highest BCUT2D eigenvalue weighted by atomic mass is 32.2. The van der Waals surface area contributed by atoms with Crippen molar-refractivity contribution in [3.8, 4) is 0 Å². The number of anilines is 1. The second-order valence-electron chi connectivity index (χ2n) is 9.05. The largest absolute Gasteiger partial charge is 0.319 e. The number of benzene rings is 1. The zero-order valence-electron chi connectivity index (χ0n) is 19.6. The molecule has 3 heterocycles. The van der Waals surface area contributed by atoms with E-state index < -0.39 is 9.84 Å². The Morgan fingerprint density at radius 2 is 1.91 bits per heavy atom. The minimum atomic E-state index is -3.27. The molecule has 0 fully saturated rings. The predicted octanol–water partition coefficient (Wildman–Crippen LogP) is 3.14. The summed E-state index contributed by atoms with van der Waals surface area (Å²) < 4.78 is 24.8. The summed E-state index contributed by atoms with van der Waals surface area (Å²) in [5.41, 5.74) is 2.66. The number of carbonyl (C=O) groups excluding carboxylic acids is 1. The smallest absolute Gasteiger partial charge is 0.250 e. The molecule has 1 atom stereocenters. The first kappa shape index (κ1) is 24.3. The van der Waals surface area contributed by atoms with Gasteiger partial charge in [-0.05, 0) is 35.2 Å². The van der Waals surface area contributed by atoms with E-state index >= 15 is 0 Å². The number of rotatable bonds is 7. The summed E-state index contributed by atoms with van der Waals surface area (Å²) in [5.74, 6) is 0.115. The Kier molecular flexibility index (Phi) is 6.75. The Balaban J connectivity index is 1.44. The molecule has 10 heteroatoms. The first-order valence-corrected chi connectivity index (χ1v) is 13.7. The summed E-state index contributed by atoms with van der Waals surface area (Å²) in [5, 5.41) is 3.46. The van der Waals surface area contributed by atoms with Crippen LogP contribution in [0, 0.1) is 5.92 Å². The first-order valence-electron chi connectivity index (χ1n) is 11.0. The van der Waals surface area contributed by atoms with Crippen LogP contribution in [0.2, 0.25) is 0 Å². The van der Waals surface area contributed by atoms with Crippen LogP contribution in [0.5, 0.6) is 0 Å². The van der Waals surface area contributed by atoms with E-state index in [4.69, 9.17) is 4.98 Å². The van der Waals surface area contributed by atoms with Crippen molar-refractivity contribution in [1.82, 2.24) is 14.5 Å². The molecule has 1 aliphatic rings. The second-order valence-corrected chi connectivity index (χ2v) is 12.1. The van der Waals surface area contributed by atoms with Crippen LogP contribution in [0.4, 0.5) is 5.13 Å². The topological polar surface area (TPSA) is 101 Å². The van der Waals surface area contributed by atoms with E-state index in [1.807, 2.05) is 6.07 Å². The van der Waals surface area contributed by atoms with Crippen molar-refractivity contribution < 1.29 is 13.2 Å². The predicted molar refractivity (Wildman–Crippen MR) is 133 cm³/mol. The molecule has 1 amide bonds. The molecule has 2 aromatic heterocycles. The summed E-state index contributed by atoms with van der Waals surface area (Å²) in [6, 6.07) is 10.1. The molecular formula is C24H28N4O4S2. The van der Waals surface area contributed by atoms with Crippen molar-refractivity contribution in [1.29, 1.82) is 0 Å². The van der Waals surface area contributed by atoms with Gasteiger partial charge < -0.3 is 9.88 Å². The monoisotopic (exact) mass is 500 g/mol. The van der Waals surface area contributed by atoms with Crippen LogP contribution in [0.3, 0.4) is 0 Å². The van der Waals surface area contributed by atoms with Crippen molar-refractivity contribution in [2.24, 2.45) is 13.0 Å². The van der Waals surface area contributed by atoms with E-state index in [9.17, 15) is 18.0 Å². The third-order valence-electron chi connectivity index (χ3n) is 5.90. The Hall–Kier alpha value is -2.82. The fraction of sp³-hybridized carbons (Fsp3) is 0.375. The van der Waals surface area contributed by atoms with Crippen LogP contribution in [0.1, 0.15) is 41.6 Å². The summed E-state index contributed by atoms with van der Waals surface area (Å²) in [6.07, 6.45) is 3.08.